The van der Waals surface area contributed by atoms with E-state index in [9.17, 15) is 18.4 Å². The van der Waals surface area contributed by atoms with Gasteiger partial charge in [0.25, 0.3) is 11.5 Å². The van der Waals surface area contributed by atoms with Gasteiger partial charge < -0.3 is 10.6 Å². The van der Waals surface area contributed by atoms with Crippen LogP contribution in [0.25, 0.3) is 17.0 Å². The second kappa shape index (κ2) is 11.4. The number of amides is 1. The van der Waals surface area contributed by atoms with Crippen molar-refractivity contribution in [3.8, 4) is 0 Å². The minimum Gasteiger partial charge on any atom is -0.348 e. The SMILES string of the molecule is O=C(NC/C=C/c1ccc2nc(Nc3ccncc3)ncc2c1)c1cncn(Cc2ccc(F)c(F)c2)c1=O. The van der Waals surface area contributed by atoms with E-state index in [2.05, 4.69) is 30.6 Å². The smallest absolute Gasteiger partial charge is 0.266 e. The van der Waals surface area contributed by atoms with E-state index in [1.807, 2.05) is 36.4 Å². The van der Waals surface area contributed by atoms with Crippen molar-refractivity contribution in [2.24, 2.45) is 0 Å². The number of anilines is 2. The molecule has 0 aliphatic rings. The Kier molecular flexibility index (Phi) is 7.39. The molecule has 1 amide bonds. The number of carbonyl (C=O) groups is 1. The monoisotopic (exact) mass is 525 g/mol. The minimum absolute atomic E-state index is 0.0585. The van der Waals surface area contributed by atoms with Crippen LogP contribution in [-0.4, -0.2) is 37.0 Å². The van der Waals surface area contributed by atoms with Gasteiger partial charge in [-0.25, -0.2) is 23.7 Å². The molecule has 3 aromatic heterocycles. The van der Waals surface area contributed by atoms with Crippen LogP contribution in [0.1, 0.15) is 21.5 Å². The largest absolute Gasteiger partial charge is 0.348 e. The number of carbonyl (C=O) groups excluding carboxylic acids is 1. The number of benzene rings is 2. The van der Waals surface area contributed by atoms with E-state index in [0.29, 0.717) is 11.5 Å². The van der Waals surface area contributed by atoms with Gasteiger partial charge in [-0.15, -0.1) is 0 Å². The predicted molar refractivity (Wildman–Crippen MR) is 142 cm³/mol. The van der Waals surface area contributed by atoms with Gasteiger partial charge >= 0.3 is 0 Å². The van der Waals surface area contributed by atoms with Crippen LogP contribution in [0.5, 0.6) is 0 Å². The maximum absolute atomic E-state index is 13.5. The van der Waals surface area contributed by atoms with E-state index >= 15 is 0 Å². The molecule has 0 spiro atoms. The molecule has 11 heteroatoms. The van der Waals surface area contributed by atoms with Crippen LogP contribution in [0, 0.1) is 11.6 Å². The molecule has 2 N–H and O–H groups in total. The lowest BCUT2D eigenvalue weighted by molar-refractivity contribution is 0.0955. The predicted octanol–water partition coefficient (Wildman–Crippen LogP) is 4.09. The van der Waals surface area contributed by atoms with Crippen molar-refractivity contribution in [1.82, 2.24) is 29.8 Å². The molecule has 5 rings (SSSR count). The molecule has 0 aliphatic heterocycles. The Bertz CT molecular complexity index is 1740. The normalized spacial score (nSPS) is 11.1. The van der Waals surface area contributed by atoms with Crippen LogP contribution in [0.4, 0.5) is 20.4 Å². The van der Waals surface area contributed by atoms with Crippen LogP contribution in [0.3, 0.4) is 0 Å². The van der Waals surface area contributed by atoms with Gasteiger partial charge in [-0.2, -0.15) is 0 Å². The van der Waals surface area contributed by atoms with Gasteiger partial charge in [0.05, 0.1) is 18.4 Å². The van der Waals surface area contributed by atoms with Crippen LogP contribution >= 0.6 is 0 Å². The summed E-state index contributed by atoms with van der Waals surface area (Å²) >= 11 is 0. The van der Waals surface area contributed by atoms with E-state index in [0.717, 1.165) is 38.9 Å². The summed E-state index contributed by atoms with van der Waals surface area (Å²) in [5.41, 5.74) is 2.09. The summed E-state index contributed by atoms with van der Waals surface area (Å²) in [5, 5.41) is 6.63. The minimum atomic E-state index is -1.02. The zero-order valence-electron chi connectivity index (χ0n) is 20.4. The topological polar surface area (TPSA) is 115 Å². The van der Waals surface area contributed by atoms with Gasteiger partial charge in [-0.05, 0) is 47.5 Å². The van der Waals surface area contributed by atoms with Gasteiger partial charge in [-0.1, -0.05) is 24.3 Å². The van der Waals surface area contributed by atoms with Crippen LogP contribution in [0.2, 0.25) is 0 Å². The first-order valence-electron chi connectivity index (χ1n) is 11.8. The molecule has 0 aliphatic carbocycles. The standard InChI is InChI=1S/C28H21F2N7O2/c29-23-5-3-19(13-24(23)30)16-37-17-32-15-22(27(37)39)26(38)33-9-1-2-18-4-6-25-20(12-18)14-34-28(36-25)35-21-7-10-31-11-8-21/h1-8,10-15,17H,9,16H2,(H,33,38)(H,31,34,35,36)/b2-1+. The summed E-state index contributed by atoms with van der Waals surface area (Å²) in [6, 6.07) is 12.7. The molecule has 0 fully saturated rings. The highest BCUT2D eigenvalue weighted by atomic mass is 19.2. The van der Waals surface area contributed by atoms with Crippen molar-refractivity contribution in [2.75, 3.05) is 11.9 Å². The maximum Gasteiger partial charge on any atom is 0.266 e. The first-order valence-corrected chi connectivity index (χ1v) is 11.8. The third kappa shape index (κ3) is 6.16. The van der Waals surface area contributed by atoms with E-state index in [-0.39, 0.29) is 18.7 Å². The zero-order valence-corrected chi connectivity index (χ0v) is 20.4. The molecule has 2 aromatic carbocycles. The highest BCUT2D eigenvalue weighted by molar-refractivity contribution is 5.93. The zero-order chi connectivity index (χ0) is 27.2. The summed E-state index contributed by atoms with van der Waals surface area (Å²) in [6.45, 7) is 0.108. The molecule has 0 bridgehead atoms. The molecular formula is C28H21F2N7O2. The maximum atomic E-state index is 13.5. The lowest BCUT2D eigenvalue weighted by atomic mass is 10.1. The van der Waals surface area contributed by atoms with Gasteiger partial charge in [-0.3, -0.25) is 19.1 Å². The number of hydrogen-bond acceptors (Lipinski definition) is 7. The second-order valence-corrected chi connectivity index (χ2v) is 8.47. The molecular weight excluding hydrogens is 504 g/mol. The Morgan fingerprint density at radius 1 is 0.974 bits per heavy atom. The fourth-order valence-electron chi connectivity index (χ4n) is 3.78. The molecule has 0 atom stereocenters. The van der Waals surface area contributed by atoms with Crippen molar-refractivity contribution in [3.05, 3.63) is 124 Å². The Morgan fingerprint density at radius 3 is 2.64 bits per heavy atom. The van der Waals surface area contributed by atoms with E-state index in [1.165, 1.54) is 18.6 Å². The van der Waals surface area contributed by atoms with E-state index < -0.39 is 23.1 Å². The average Bonchev–Trinajstić information content (AvgIpc) is 2.94. The summed E-state index contributed by atoms with van der Waals surface area (Å²) in [4.78, 5) is 42.1. The van der Waals surface area contributed by atoms with Crippen molar-refractivity contribution in [1.29, 1.82) is 0 Å². The average molecular weight is 526 g/mol. The Labute approximate surface area is 220 Å². The van der Waals surface area contributed by atoms with Crippen LogP contribution in [0.15, 0.2) is 90.5 Å². The van der Waals surface area contributed by atoms with Gasteiger partial charge in [0.2, 0.25) is 5.95 Å². The Morgan fingerprint density at radius 2 is 1.82 bits per heavy atom. The molecule has 194 valence electrons. The molecule has 0 unspecified atom stereocenters. The summed E-state index contributed by atoms with van der Waals surface area (Å²) in [6.07, 6.45) is 11.1. The molecule has 39 heavy (non-hydrogen) atoms. The number of pyridine rings is 1. The van der Waals surface area contributed by atoms with Crippen LogP contribution in [-0.2, 0) is 6.54 Å². The quantitative estimate of drug-likeness (QED) is 0.314. The molecule has 3 heterocycles. The number of nitrogens with zero attached hydrogens (tertiary/aromatic N) is 5. The van der Waals surface area contributed by atoms with Gasteiger partial charge in [0.15, 0.2) is 11.6 Å². The number of nitrogens with one attached hydrogen (secondary N) is 2. The molecule has 9 nitrogen and oxygen atoms in total. The molecule has 5 aromatic rings. The third-order valence-corrected chi connectivity index (χ3v) is 5.71. The lowest BCUT2D eigenvalue weighted by Gasteiger charge is -2.08. The summed E-state index contributed by atoms with van der Waals surface area (Å²) in [7, 11) is 0. The fraction of sp³-hybridized carbons (Fsp3) is 0.0714. The molecule has 0 saturated heterocycles. The van der Waals surface area contributed by atoms with Gasteiger partial charge in [0.1, 0.15) is 5.56 Å². The third-order valence-electron chi connectivity index (χ3n) is 5.71. The summed E-state index contributed by atoms with van der Waals surface area (Å²) in [5.74, 6) is -2.13. The number of halogens is 2. The summed E-state index contributed by atoms with van der Waals surface area (Å²) < 4.78 is 27.8. The fourth-order valence-corrected chi connectivity index (χ4v) is 3.78. The highest BCUT2D eigenvalue weighted by Crippen LogP contribution is 2.18. The van der Waals surface area contributed by atoms with Gasteiger partial charge in [0, 0.05) is 42.4 Å². The number of aromatic nitrogens is 5. The Balaban J connectivity index is 1.20. The van der Waals surface area contributed by atoms with Crippen molar-refractivity contribution >= 4 is 34.5 Å². The van der Waals surface area contributed by atoms with Crippen LogP contribution < -0.4 is 16.2 Å². The van der Waals surface area contributed by atoms with E-state index in [4.69, 9.17) is 0 Å². The van der Waals surface area contributed by atoms with Crippen molar-refractivity contribution < 1.29 is 13.6 Å². The lowest BCUT2D eigenvalue weighted by Crippen LogP contribution is -2.33. The Hall–Kier alpha value is -5.32. The first-order chi connectivity index (χ1) is 19.0. The van der Waals surface area contributed by atoms with Crippen molar-refractivity contribution in [3.63, 3.8) is 0 Å². The number of fused-ring (bicyclic) bond motifs is 1. The number of rotatable bonds is 8. The first kappa shape index (κ1) is 25.3. The highest BCUT2D eigenvalue weighted by Gasteiger charge is 2.13. The second-order valence-electron chi connectivity index (χ2n) is 8.47. The van der Waals surface area contributed by atoms with Crippen molar-refractivity contribution in [2.45, 2.75) is 6.54 Å². The van der Waals surface area contributed by atoms with E-state index in [1.54, 1.807) is 24.7 Å². The molecule has 0 saturated carbocycles. The number of hydrogen-bond donors (Lipinski definition) is 2. The molecule has 0 radical (unpaired) electrons.